The van der Waals surface area contributed by atoms with Crippen LogP contribution in [-0.2, 0) is 16.1 Å². The molecule has 0 heterocycles. The van der Waals surface area contributed by atoms with Crippen molar-refractivity contribution in [3.63, 3.8) is 0 Å². The first kappa shape index (κ1) is 17.3. The molecule has 1 amide bonds. The molecule has 0 spiro atoms. The second kappa shape index (κ2) is 7.99. The number of rotatable bonds is 6. The molecule has 0 aliphatic heterocycles. The fraction of sp³-hybridized carbons (Fsp3) is 0.556. The van der Waals surface area contributed by atoms with Crippen molar-refractivity contribution in [2.45, 2.75) is 39.2 Å². The van der Waals surface area contributed by atoms with Gasteiger partial charge in [0, 0.05) is 19.0 Å². The van der Waals surface area contributed by atoms with Crippen molar-refractivity contribution in [3.05, 3.63) is 29.8 Å². The lowest BCUT2D eigenvalue weighted by molar-refractivity contribution is -0.145. The smallest absolute Gasteiger partial charge is 0.306 e. The van der Waals surface area contributed by atoms with Crippen molar-refractivity contribution in [1.82, 2.24) is 4.90 Å². The molecule has 1 aliphatic carbocycles. The van der Waals surface area contributed by atoms with E-state index in [-0.39, 0.29) is 17.7 Å². The molecule has 1 aromatic carbocycles. The summed E-state index contributed by atoms with van der Waals surface area (Å²) in [5, 5.41) is 9.18. The van der Waals surface area contributed by atoms with Crippen LogP contribution in [0.3, 0.4) is 0 Å². The van der Waals surface area contributed by atoms with Crippen LogP contribution in [0.25, 0.3) is 0 Å². The molecule has 2 unspecified atom stereocenters. The highest BCUT2D eigenvalue weighted by Crippen LogP contribution is 2.31. The lowest BCUT2D eigenvalue weighted by atomic mass is 9.80. The van der Waals surface area contributed by atoms with E-state index in [4.69, 9.17) is 4.74 Å². The van der Waals surface area contributed by atoms with Gasteiger partial charge in [-0.15, -0.1) is 0 Å². The molecule has 0 aromatic heterocycles. The number of hydrogen-bond donors (Lipinski definition) is 1. The zero-order chi connectivity index (χ0) is 16.8. The highest BCUT2D eigenvalue weighted by atomic mass is 16.5. The van der Waals surface area contributed by atoms with E-state index in [9.17, 15) is 14.7 Å². The second-order valence-corrected chi connectivity index (χ2v) is 6.10. The Labute approximate surface area is 137 Å². The summed E-state index contributed by atoms with van der Waals surface area (Å²) in [6.07, 6.45) is 2.76. The van der Waals surface area contributed by atoms with Crippen molar-refractivity contribution in [2.24, 2.45) is 11.8 Å². The average Bonchev–Trinajstić information content (AvgIpc) is 2.59. The van der Waals surface area contributed by atoms with Gasteiger partial charge < -0.3 is 14.7 Å². The summed E-state index contributed by atoms with van der Waals surface area (Å²) >= 11 is 0. The third-order valence-electron chi connectivity index (χ3n) is 4.60. The fourth-order valence-corrected chi connectivity index (χ4v) is 3.19. The lowest BCUT2D eigenvalue weighted by Crippen LogP contribution is -2.38. The Morgan fingerprint density at radius 1 is 1.22 bits per heavy atom. The summed E-state index contributed by atoms with van der Waals surface area (Å²) in [4.78, 5) is 25.7. The Balaban J connectivity index is 2.01. The molecule has 5 heteroatoms. The minimum absolute atomic E-state index is 0.0780. The molecule has 1 saturated carbocycles. The predicted molar refractivity (Wildman–Crippen MR) is 87.2 cm³/mol. The van der Waals surface area contributed by atoms with Crippen LogP contribution in [0.15, 0.2) is 24.3 Å². The number of methoxy groups -OCH3 is 1. The monoisotopic (exact) mass is 319 g/mol. The number of nitrogens with zero attached hydrogens (tertiary/aromatic N) is 1. The maximum atomic E-state index is 12.7. The molecule has 5 nitrogen and oxygen atoms in total. The number of carboxylic acid groups (broad SMARTS) is 1. The quantitative estimate of drug-likeness (QED) is 0.875. The van der Waals surface area contributed by atoms with Gasteiger partial charge in [0.05, 0.1) is 13.0 Å². The standard InChI is InChI=1S/C18H25NO4/c1-3-19(12-13-7-9-16(23-2)10-8-13)17(20)14-5-4-6-15(11-14)18(21)22/h7-10,14-15H,3-6,11-12H2,1-2H3,(H,21,22). The highest BCUT2D eigenvalue weighted by molar-refractivity contribution is 5.80. The third kappa shape index (κ3) is 4.47. The van der Waals surface area contributed by atoms with E-state index in [1.165, 1.54) is 0 Å². The van der Waals surface area contributed by atoms with Gasteiger partial charge in [-0.1, -0.05) is 18.6 Å². The summed E-state index contributed by atoms with van der Waals surface area (Å²) in [6, 6.07) is 7.68. The van der Waals surface area contributed by atoms with Gasteiger partial charge in [0.1, 0.15) is 5.75 Å². The van der Waals surface area contributed by atoms with Gasteiger partial charge in [-0.25, -0.2) is 0 Å². The molecule has 1 aliphatic rings. The van der Waals surface area contributed by atoms with Crippen LogP contribution in [0.5, 0.6) is 5.75 Å². The Morgan fingerprint density at radius 2 is 1.87 bits per heavy atom. The largest absolute Gasteiger partial charge is 0.497 e. The molecule has 1 aromatic rings. The van der Waals surface area contributed by atoms with Gasteiger partial charge in [-0.2, -0.15) is 0 Å². The second-order valence-electron chi connectivity index (χ2n) is 6.10. The zero-order valence-corrected chi connectivity index (χ0v) is 13.8. The number of carboxylic acids is 1. The van der Waals surface area contributed by atoms with Crippen LogP contribution < -0.4 is 4.74 Å². The highest BCUT2D eigenvalue weighted by Gasteiger charge is 2.32. The zero-order valence-electron chi connectivity index (χ0n) is 13.8. The summed E-state index contributed by atoms with van der Waals surface area (Å²) < 4.78 is 5.14. The van der Waals surface area contributed by atoms with Crippen molar-refractivity contribution in [3.8, 4) is 5.75 Å². The lowest BCUT2D eigenvalue weighted by Gasteiger charge is -2.31. The van der Waals surface area contributed by atoms with E-state index in [1.807, 2.05) is 36.1 Å². The van der Waals surface area contributed by atoms with Gasteiger partial charge in [0.15, 0.2) is 0 Å². The molecule has 2 atom stereocenters. The molecule has 126 valence electrons. The topological polar surface area (TPSA) is 66.8 Å². The van der Waals surface area contributed by atoms with Crippen LogP contribution in [0.4, 0.5) is 0 Å². The Hall–Kier alpha value is -2.04. The van der Waals surface area contributed by atoms with Crippen LogP contribution in [-0.4, -0.2) is 35.5 Å². The first-order chi connectivity index (χ1) is 11.0. The van der Waals surface area contributed by atoms with E-state index in [2.05, 4.69) is 0 Å². The average molecular weight is 319 g/mol. The summed E-state index contributed by atoms with van der Waals surface area (Å²) in [5.74, 6) is -0.449. The normalized spacial score (nSPS) is 20.8. The van der Waals surface area contributed by atoms with Gasteiger partial charge in [0.2, 0.25) is 5.91 Å². The summed E-state index contributed by atoms with van der Waals surface area (Å²) in [5.41, 5.74) is 1.05. The molecular weight excluding hydrogens is 294 g/mol. The number of carbonyl (C=O) groups excluding carboxylic acids is 1. The predicted octanol–water partition coefficient (Wildman–Crippen LogP) is 2.93. The minimum atomic E-state index is -0.777. The SMILES string of the molecule is CCN(Cc1ccc(OC)cc1)C(=O)C1CCCC(C(=O)O)C1. The fourth-order valence-electron chi connectivity index (χ4n) is 3.19. The van der Waals surface area contributed by atoms with Gasteiger partial charge in [-0.05, 0) is 43.9 Å². The van der Waals surface area contributed by atoms with E-state index >= 15 is 0 Å². The third-order valence-corrected chi connectivity index (χ3v) is 4.60. The number of amides is 1. The maximum Gasteiger partial charge on any atom is 0.306 e. The van der Waals surface area contributed by atoms with Gasteiger partial charge in [0.25, 0.3) is 0 Å². The number of aliphatic carboxylic acids is 1. The van der Waals surface area contributed by atoms with Crippen LogP contribution in [0, 0.1) is 11.8 Å². The van der Waals surface area contributed by atoms with Crippen molar-refractivity contribution < 1.29 is 19.4 Å². The number of benzene rings is 1. The molecule has 0 saturated heterocycles. The summed E-state index contributed by atoms with van der Waals surface area (Å²) in [7, 11) is 1.62. The van der Waals surface area contributed by atoms with Crippen molar-refractivity contribution >= 4 is 11.9 Å². The Kier molecular flexibility index (Phi) is 6.02. The molecule has 1 N–H and O–H groups in total. The van der Waals surface area contributed by atoms with Crippen LogP contribution in [0.2, 0.25) is 0 Å². The number of carbonyl (C=O) groups is 2. The minimum Gasteiger partial charge on any atom is -0.497 e. The number of ether oxygens (including phenoxy) is 1. The van der Waals surface area contributed by atoms with Crippen molar-refractivity contribution in [1.29, 1.82) is 0 Å². The van der Waals surface area contributed by atoms with E-state index in [0.29, 0.717) is 25.9 Å². The first-order valence-corrected chi connectivity index (χ1v) is 8.19. The van der Waals surface area contributed by atoms with E-state index < -0.39 is 5.97 Å². The van der Waals surface area contributed by atoms with E-state index in [1.54, 1.807) is 7.11 Å². The molecular formula is C18H25NO4. The molecule has 0 radical (unpaired) electrons. The molecule has 1 fully saturated rings. The first-order valence-electron chi connectivity index (χ1n) is 8.19. The van der Waals surface area contributed by atoms with Crippen molar-refractivity contribution in [2.75, 3.05) is 13.7 Å². The molecule has 2 rings (SSSR count). The van der Waals surface area contributed by atoms with E-state index in [0.717, 1.165) is 24.2 Å². The molecule has 0 bridgehead atoms. The van der Waals surface area contributed by atoms with Gasteiger partial charge >= 0.3 is 5.97 Å². The van der Waals surface area contributed by atoms with Gasteiger partial charge in [-0.3, -0.25) is 9.59 Å². The Morgan fingerprint density at radius 3 is 2.43 bits per heavy atom. The van der Waals surface area contributed by atoms with Crippen LogP contribution >= 0.6 is 0 Å². The van der Waals surface area contributed by atoms with Crippen LogP contribution in [0.1, 0.15) is 38.2 Å². The Bertz CT molecular complexity index is 540. The maximum absolute atomic E-state index is 12.7. The summed E-state index contributed by atoms with van der Waals surface area (Å²) in [6.45, 7) is 3.13. The number of hydrogen-bond acceptors (Lipinski definition) is 3. The molecule has 23 heavy (non-hydrogen) atoms.